The Labute approximate surface area is 121 Å². The smallest absolute Gasteiger partial charge is 0.389 e. The van der Waals surface area contributed by atoms with Gasteiger partial charge < -0.3 is 15.8 Å². The lowest BCUT2D eigenvalue weighted by atomic mass is 10.1. The molecule has 21 heavy (non-hydrogen) atoms. The number of rotatable bonds is 7. The lowest BCUT2D eigenvalue weighted by molar-refractivity contribution is -0.138. The fourth-order valence-electron chi connectivity index (χ4n) is 1.64. The second-order valence-corrected chi connectivity index (χ2v) is 4.65. The number of ether oxygens (including phenoxy) is 1. The maximum absolute atomic E-state index is 11.9. The van der Waals surface area contributed by atoms with E-state index in [1.807, 2.05) is 0 Å². The van der Waals surface area contributed by atoms with Crippen LogP contribution in [0.4, 0.5) is 24.5 Å². The molecule has 1 aromatic rings. The molecule has 0 radical (unpaired) electrons. The van der Waals surface area contributed by atoms with E-state index in [0.717, 1.165) is 5.56 Å². The molecule has 0 fully saturated rings. The van der Waals surface area contributed by atoms with Gasteiger partial charge in [-0.05, 0) is 31.0 Å². The number of alkyl halides is 3. The Hall–Kier alpha value is -1.76. The van der Waals surface area contributed by atoms with Crippen LogP contribution >= 0.6 is 0 Å². The minimum atomic E-state index is -4.16. The van der Waals surface area contributed by atoms with Crippen molar-refractivity contribution in [2.75, 3.05) is 24.3 Å². The minimum Gasteiger partial charge on any atom is -0.398 e. The Morgan fingerprint density at radius 3 is 2.71 bits per heavy atom. The first-order valence-electron chi connectivity index (χ1n) is 6.59. The van der Waals surface area contributed by atoms with Crippen LogP contribution in [0.1, 0.15) is 24.8 Å². The molecule has 0 unspecified atom stereocenters. The number of halogens is 3. The second-order valence-electron chi connectivity index (χ2n) is 4.65. The number of nitrogens with one attached hydrogen (secondary N) is 1. The lowest BCUT2D eigenvalue weighted by Crippen LogP contribution is -2.16. The molecule has 0 atom stereocenters. The molecule has 0 bridgehead atoms. The topological polar surface area (TPSA) is 64.3 Å². The van der Waals surface area contributed by atoms with Crippen LogP contribution in [-0.2, 0) is 9.53 Å². The van der Waals surface area contributed by atoms with E-state index < -0.39 is 12.6 Å². The van der Waals surface area contributed by atoms with Crippen molar-refractivity contribution < 1.29 is 22.7 Å². The van der Waals surface area contributed by atoms with Crippen molar-refractivity contribution in [1.29, 1.82) is 0 Å². The number of amides is 1. The van der Waals surface area contributed by atoms with Gasteiger partial charge in [0.2, 0.25) is 5.91 Å². The van der Waals surface area contributed by atoms with E-state index in [1.165, 1.54) is 0 Å². The van der Waals surface area contributed by atoms with Crippen LogP contribution in [0.3, 0.4) is 0 Å². The Balaban J connectivity index is 2.21. The first kappa shape index (κ1) is 17.3. The molecular weight excluding hydrogens is 285 g/mol. The summed E-state index contributed by atoms with van der Waals surface area (Å²) in [5.74, 6) is -0.264. The third-order valence-corrected chi connectivity index (χ3v) is 2.87. The highest BCUT2D eigenvalue weighted by Gasteiger charge is 2.25. The van der Waals surface area contributed by atoms with Gasteiger partial charge in [0.1, 0.15) is 0 Å². The number of carbonyl (C=O) groups is 1. The Bertz CT molecular complexity index is 476. The molecule has 7 heteroatoms. The summed E-state index contributed by atoms with van der Waals surface area (Å²) in [6.45, 7) is 1.87. The van der Waals surface area contributed by atoms with Crippen molar-refractivity contribution in [2.24, 2.45) is 0 Å². The number of nitrogens with two attached hydrogens (primary N) is 1. The summed E-state index contributed by atoms with van der Waals surface area (Å²) >= 11 is 0. The van der Waals surface area contributed by atoms with Crippen LogP contribution < -0.4 is 11.1 Å². The fraction of sp³-hybridized carbons (Fsp3) is 0.500. The summed E-state index contributed by atoms with van der Waals surface area (Å²) in [5.41, 5.74) is 7.70. The van der Waals surface area contributed by atoms with Gasteiger partial charge in [-0.1, -0.05) is 6.07 Å². The molecule has 118 valence electrons. The molecule has 0 saturated heterocycles. The number of carbonyl (C=O) groups excluding carboxylic acids is 1. The number of nitrogen functional groups attached to an aromatic ring is 1. The maximum atomic E-state index is 11.9. The molecular formula is C14H19F3N2O2. The molecule has 0 aliphatic heterocycles. The van der Waals surface area contributed by atoms with Gasteiger partial charge >= 0.3 is 6.18 Å². The highest BCUT2D eigenvalue weighted by Crippen LogP contribution is 2.21. The summed E-state index contributed by atoms with van der Waals surface area (Å²) in [7, 11) is 0. The summed E-state index contributed by atoms with van der Waals surface area (Å²) in [4.78, 5) is 11.7. The Morgan fingerprint density at radius 2 is 2.05 bits per heavy atom. The van der Waals surface area contributed by atoms with E-state index in [2.05, 4.69) is 5.32 Å². The van der Waals surface area contributed by atoms with E-state index in [0.29, 0.717) is 11.4 Å². The van der Waals surface area contributed by atoms with Gasteiger partial charge in [0.05, 0.1) is 13.0 Å². The van der Waals surface area contributed by atoms with E-state index >= 15 is 0 Å². The average Bonchev–Trinajstić information content (AvgIpc) is 2.38. The van der Waals surface area contributed by atoms with Crippen LogP contribution in [0.5, 0.6) is 0 Å². The highest BCUT2D eigenvalue weighted by molar-refractivity contribution is 5.92. The molecule has 0 aliphatic carbocycles. The van der Waals surface area contributed by atoms with Crippen molar-refractivity contribution in [3.05, 3.63) is 23.8 Å². The van der Waals surface area contributed by atoms with Gasteiger partial charge in [-0.3, -0.25) is 4.79 Å². The van der Waals surface area contributed by atoms with Gasteiger partial charge in [0.25, 0.3) is 0 Å². The normalized spacial score (nSPS) is 11.4. The zero-order valence-electron chi connectivity index (χ0n) is 11.8. The standard InChI is InChI=1S/C14H19F3N2O2/c1-10-11(18)4-2-5-12(10)19-13(20)6-9-21-8-3-7-14(15,16)17/h2,4-5H,3,6-9,18H2,1H3,(H,19,20). The molecule has 0 aliphatic rings. The van der Waals surface area contributed by atoms with Crippen LogP contribution in [0, 0.1) is 6.92 Å². The van der Waals surface area contributed by atoms with Gasteiger partial charge in [-0.15, -0.1) is 0 Å². The predicted octanol–water partition coefficient (Wildman–Crippen LogP) is 3.26. The summed E-state index contributed by atoms with van der Waals surface area (Å²) in [6, 6.07) is 5.19. The van der Waals surface area contributed by atoms with Crippen LogP contribution in [0.15, 0.2) is 18.2 Å². The van der Waals surface area contributed by atoms with Crippen molar-refractivity contribution in [3.8, 4) is 0 Å². The fourth-order valence-corrected chi connectivity index (χ4v) is 1.64. The monoisotopic (exact) mass is 304 g/mol. The summed E-state index contributed by atoms with van der Waals surface area (Å²) in [6.07, 6.45) is -5.05. The third-order valence-electron chi connectivity index (χ3n) is 2.87. The van der Waals surface area contributed by atoms with Crippen LogP contribution in [0.25, 0.3) is 0 Å². The van der Waals surface area contributed by atoms with E-state index in [4.69, 9.17) is 10.5 Å². The SMILES string of the molecule is Cc1c(N)cccc1NC(=O)CCOCCCC(F)(F)F. The van der Waals surface area contributed by atoms with Crippen LogP contribution in [-0.4, -0.2) is 25.3 Å². The first-order chi connectivity index (χ1) is 9.79. The van der Waals surface area contributed by atoms with Gasteiger partial charge in [-0.2, -0.15) is 13.2 Å². The molecule has 0 aromatic heterocycles. The zero-order valence-corrected chi connectivity index (χ0v) is 11.8. The van der Waals surface area contributed by atoms with Gasteiger partial charge in [-0.25, -0.2) is 0 Å². The Morgan fingerprint density at radius 1 is 1.33 bits per heavy atom. The molecule has 0 saturated carbocycles. The second kappa shape index (κ2) is 7.87. The number of hydrogen-bond acceptors (Lipinski definition) is 3. The average molecular weight is 304 g/mol. The lowest BCUT2D eigenvalue weighted by Gasteiger charge is -2.10. The predicted molar refractivity (Wildman–Crippen MR) is 74.9 cm³/mol. The van der Waals surface area contributed by atoms with Crippen LogP contribution in [0.2, 0.25) is 0 Å². The van der Waals surface area contributed by atoms with Crippen molar-refractivity contribution >= 4 is 17.3 Å². The summed E-state index contributed by atoms with van der Waals surface area (Å²) < 4.78 is 40.6. The quantitative estimate of drug-likeness (QED) is 0.600. The molecule has 1 amide bonds. The molecule has 0 heterocycles. The van der Waals surface area contributed by atoms with Crippen molar-refractivity contribution in [1.82, 2.24) is 0 Å². The van der Waals surface area contributed by atoms with Crippen molar-refractivity contribution in [3.63, 3.8) is 0 Å². The molecule has 1 rings (SSSR count). The minimum absolute atomic E-state index is 0.00982. The van der Waals surface area contributed by atoms with E-state index in [-0.39, 0.29) is 32.0 Å². The summed E-state index contributed by atoms with van der Waals surface area (Å²) in [5, 5.41) is 2.69. The van der Waals surface area contributed by atoms with Crippen molar-refractivity contribution in [2.45, 2.75) is 32.4 Å². The van der Waals surface area contributed by atoms with Gasteiger partial charge in [0.15, 0.2) is 0 Å². The molecule has 3 N–H and O–H groups in total. The molecule has 1 aromatic carbocycles. The third kappa shape index (κ3) is 6.99. The van der Waals surface area contributed by atoms with E-state index in [9.17, 15) is 18.0 Å². The zero-order chi connectivity index (χ0) is 15.9. The largest absolute Gasteiger partial charge is 0.398 e. The van der Waals surface area contributed by atoms with E-state index in [1.54, 1.807) is 25.1 Å². The maximum Gasteiger partial charge on any atom is 0.389 e. The highest BCUT2D eigenvalue weighted by atomic mass is 19.4. The molecule has 0 spiro atoms. The number of benzene rings is 1. The number of anilines is 2. The Kier molecular flexibility index (Phi) is 6.48. The number of hydrogen-bond donors (Lipinski definition) is 2. The van der Waals surface area contributed by atoms with Gasteiger partial charge in [0, 0.05) is 24.4 Å². The molecule has 4 nitrogen and oxygen atoms in total. The first-order valence-corrected chi connectivity index (χ1v) is 6.59.